The summed E-state index contributed by atoms with van der Waals surface area (Å²) in [7, 11) is -3.55. The van der Waals surface area contributed by atoms with Crippen LogP contribution in [0.25, 0.3) is 0 Å². The fraction of sp³-hybridized carbons (Fsp3) is 0.364. The van der Waals surface area contributed by atoms with Crippen LogP contribution in [0.4, 0.5) is 5.69 Å². The molecule has 0 saturated carbocycles. The molecule has 0 heterocycles. The minimum Gasteiger partial charge on any atom is -0.411 e. The van der Waals surface area contributed by atoms with Crippen LogP contribution >= 0.6 is 0 Å². The second-order valence-corrected chi connectivity index (χ2v) is 5.27. The molecule has 100 valence electrons. The van der Waals surface area contributed by atoms with Crippen LogP contribution in [0.5, 0.6) is 0 Å². The van der Waals surface area contributed by atoms with E-state index in [1.807, 2.05) is 6.92 Å². The normalized spacial score (nSPS) is 12.4. The predicted octanol–water partition coefficient (Wildman–Crippen LogP) is 1.54. The molecule has 0 amide bonds. The second-order valence-electron chi connectivity index (χ2n) is 3.77. The van der Waals surface area contributed by atoms with Crippen LogP contribution in [-0.4, -0.2) is 25.9 Å². The standard InChI is InChI=1S/C11H17N3O3S/c1-3-7-12-18(16,17)14-11-6-4-5-10(8-11)9(2)13-15/h4-6,8,12,14-15H,3,7H2,1-2H3/b13-9+. The zero-order valence-corrected chi connectivity index (χ0v) is 11.2. The van der Waals surface area contributed by atoms with E-state index < -0.39 is 10.2 Å². The minimum atomic E-state index is -3.55. The van der Waals surface area contributed by atoms with Crippen molar-refractivity contribution in [2.24, 2.45) is 5.16 Å². The topological polar surface area (TPSA) is 90.8 Å². The summed E-state index contributed by atoms with van der Waals surface area (Å²) < 4.78 is 28.0. The van der Waals surface area contributed by atoms with Crippen molar-refractivity contribution in [3.05, 3.63) is 29.8 Å². The Bertz CT molecular complexity index is 526. The van der Waals surface area contributed by atoms with Crippen molar-refractivity contribution in [2.75, 3.05) is 11.3 Å². The molecule has 6 nitrogen and oxygen atoms in total. The van der Waals surface area contributed by atoms with Crippen molar-refractivity contribution in [3.8, 4) is 0 Å². The average Bonchev–Trinajstić information content (AvgIpc) is 2.35. The van der Waals surface area contributed by atoms with E-state index in [0.29, 0.717) is 23.5 Å². The lowest BCUT2D eigenvalue weighted by atomic mass is 10.1. The number of hydrogen-bond acceptors (Lipinski definition) is 4. The van der Waals surface area contributed by atoms with Gasteiger partial charge < -0.3 is 5.21 Å². The van der Waals surface area contributed by atoms with Gasteiger partial charge in [0.1, 0.15) is 0 Å². The molecular formula is C11H17N3O3S. The lowest BCUT2D eigenvalue weighted by molar-refractivity contribution is 0.319. The van der Waals surface area contributed by atoms with Gasteiger partial charge >= 0.3 is 0 Å². The van der Waals surface area contributed by atoms with Crippen LogP contribution < -0.4 is 9.44 Å². The first-order valence-corrected chi connectivity index (χ1v) is 7.03. The van der Waals surface area contributed by atoms with Crippen LogP contribution in [-0.2, 0) is 10.2 Å². The van der Waals surface area contributed by atoms with Crippen molar-refractivity contribution in [1.29, 1.82) is 0 Å². The van der Waals surface area contributed by atoms with Gasteiger partial charge in [0, 0.05) is 12.1 Å². The Morgan fingerprint density at radius 2 is 2.17 bits per heavy atom. The zero-order valence-electron chi connectivity index (χ0n) is 10.3. The third-order valence-corrected chi connectivity index (χ3v) is 3.31. The summed E-state index contributed by atoms with van der Waals surface area (Å²) in [5, 5.41) is 11.7. The van der Waals surface area contributed by atoms with Gasteiger partial charge in [-0.05, 0) is 25.5 Å². The average molecular weight is 271 g/mol. The molecule has 0 radical (unpaired) electrons. The molecular weight excluding hydrogens is 254 g/mol. The maximum Gasteiger partial charge on any atom is 0.299 e. The molecule has 0 bridgehead atoms. The Hall–Kier alpha value is -1.60. The SMILES string of the molecule is CCCNS(=O)(=O)Nc1cccc(/C(C)=N/O)c1. The highest BCUT2D eigenvalue weighted by atomic mass is 32.2. The maximum atomic E-state index is 11.6. The number of nitrogens with zero attached hydrogens (tertiary/aromatic N) is 1. The number of anilines is 1. The van der Waals surface area contributed by atoms with Crippen molar-refractivity contribution >= 4 is 21.6 Å². The van der Waals surface area contributed by atoms with E-state index in [0.717, 1.165) is 6.42 Å². The number of rotatable bonds is 6. The van der Waals surface area contributed by atoms with Crippen LogP contribution in [0.1, 0.15) is 25.8 Å². The number of benzene rings is 1. The van der Waals surface area contributed by atoms with E-state index in [1.54, 1.807) is 31.2 Å². The van der Waals surface area contributed by atoms with Gasteiger partial charge in [0.25, 0.3) is 10.2 Å². The summed E-state index contributed by atoms with van der Waals surface area (Å²) in [6.45, 7) is 3.89. The van der Waals surface area contributed by atoms with Crippen molar-refractivity contribution in [1.82, 2.24) is 4.72 Å². The first-order valence-electron chi connectivity index (χ1n) is 5.55. The molecule has 1 aromatic carbocycles. The molecule has 18 heavy (non-hydrogen) atoms. The first kappa shape index (κ1) is 14.5. The molecule has 0 spiro atoms. The summed E-state index contributed by atoms with van der Waals surface area (Å²) in [5.74, 6) is 0. The molecule has 0 fully saturated rings. The molecule has 1 rings (SSSR count). The smallest absolute Gasteiger partial charge is 0.299 e. The van der Waals surface area contributed by atoms with Crippen LogP contribution in [0.2, 0.25) is 0 Å². The molecule has 0 unspecified atom stereocenters. The lowest BCUT2D eigenvalue weighted by Crippen LogP contribution is -2.30. The summed E-state index contributed by atoms with van der Waals surface area (Å²) >= 11 is 0. The highest BCUT2D eigenvalue weighted by molar-refractivity contribution is 7.90. The molecule has 0 aliphatic heterocycles. The predicted molar refractivity (Wildman–Crippen MR) is 71.3 cm³/mol. The van der Waals surface area contributed by atoms with Crippen molar-refractivity contribution < 1.29 is 13.6 Å². The second kappa shape index (κ2) is 6.36. The van der Waals surface area contributed by atoms with Crippen LogP contribution in [0.3, 0.4) is 0 Å². The summed E-state index contributed by atoms with van der Waals surface area (Å²) in [4.78, 5) is 0. The van der Waals surface area contributed by atoms with E-state index in [-0.39, 0.29) is 0 Å². The van der Waals surface area contributed by atoms with E-state index >= 15 is 0 Å². The van der Waals surface area contributed by atoms with Gasteiger partial charge in [0.05, 0.1) is 11.4 Å². The van der Waals surface area contributed by atoms with Gasteiger partial charge in [0.15, 0.2) is 0 Å². The molecule has 1 aromatic rings. The third kappa shape index (κ3) is 4.34. The Kier molecular flexibility index (Phi) is 5.11. The lowest BCUT2D eigenvalue weighted by Gasteiger charge is -2.09. The molecule has 0 aliphatic carbocycles. The number of oxime groups is 1. The molecule has 0 saturated heterocycles. The van der Waals surface area contributed by atoms with Crippen LogP contribution in [0, 0.1) is 0 Å². The van der Waals surface area contributed by atoms with Gasteiger partial charge in [-0.15, -0.1) is 0 Å². The highest BCUT2D eigenvalue weighted by Crippen LogP contribution is 2.12. The monoisotopic (exact) mass is 271 g/mol. The van der Waals surface area contributed by atoms with Crippen molar-refractivity contribution in [3.63, 3.8) is 0 Å². The molecule has 7 heteroatoms. The summed E-state index contributed by atoms with van der Waals surface area (Å²) in [6.07, 6.45) is 0.719. The van der Waals surface area contributed by atoms with E-state index in [4.69, 9.17) is 5.21 Å². The fourth-order valence-corrected chi connectivity index (χ4v) is 2.28. The Balaban J connectivity index is 2.86. The Morgan fingerprint density at radius 1 is 1.44 bits per heavy atom. The largest absolute Gasteiger partial charge is 0.411 e. The molecule has 0 atom stereocenters. The molecule has 3 N–H and O–H groups in total. The van der Waals surface area contributed by atoms with Gasteiger partial charge in [-0.25, -0.2) is 0 Å². The van der Waals surface area contributed by atoms with E-state index in [9.17, 15) is 8.42 Å². The zero-order chi connectivity index (χ0) is 13.6. The van der Waals surface area contributed by atoms with Gasteiger partial charge in [-0.2, -0.15) is 13.1 Å². The maximum absolute atomic E-state index is 11.6. The minimum absolute atomic E-state index is 0.381. The molecule has 0 aliphatic rings. The quantitative estimate of drug-likeness (QED) is 0.416. The first-order chi connectivity index (χ1) is 8.48. The third-order valence-electron chi connectivity index (χ3n) is 2.22. The van der Waals surface area contributed by atoms with E-state index in [2.05, 4.69) is 14.6 Å². The summed E-state index contributed by atoms with van der Waals surface area (Å²) in [6, 6.07) is 6.63. The van der Waals surface area contributed by atoms with Gasteiger partial charge in [0.2, 0.25) is 0 Å². The fourth-order valence-electron chi connectivity index (χ4n) is 1.29. The number of nitrogens with one attached hydrogen (secondary N) is 2. The summed E-state index contributed by atoms with van der Waals surface area (Å²) in [5.41, 5.74) is 1.48. The van der Waals surface area contributed by atoms with Crippen molar-refractivity contribution in [2.45, 2.75) is 20.3 Å². The Labute approximate surface area is 107 Å². The van der Waals surface area contributed by atoms with Gasteiger partial charge in [-0.1, -0.05) is 24.2 Å². The molecule has 0 aromatic heterocycles. The Morgan fingerprint density at radius 3 is 2.78 bits per heavy atom. The van der Waals surface area contributed by atoms with Gasteiger partial charge in [-0.3, -0.25) is 4.72 Å². The number of hydrogen-bond donors (Lipinski definition) is 3. The van der Waals surface area contributed by atoms with Crippen LogP contribution in [0.15, 0.2) is 29.4 Å². The highest BCUT2D eigenvalue weighted by Gasteiger charge is 2.09. The van der Waals surface area contributed by atoms with E-state index in [1.165, 1.54) is 0 Å².